The van der Waals surface area contributed by atoms with Gasteiger partial charge in [-0.1, -0.05) is 12.8 Å². The molecule has 1 fully saturated rings. The van der Waals surface area contributed by atoms with Crippen molar-refractivity contribution < 1.29 is 19.1 Å². The number of ether oxygens (including phenoxy) is 2. The minimum absolute atomic E-state index is 0.0183. The average molecular weight is 433 g/mol. The molecule has 0 saturated heterocycles. The molecular weight excluding hydrogens is 404 g/mol. The van der Waals surface area contributed by atoms with Crippen LogP contribution in [0.25, 0.3) is 0 Å². The molecule has 1 atom stereocenters. The fourth-order valence-electron chi connectivity index (χ4n) is 6.03. The van der Waals surface area contributed by atoms with Crippen molar-refractivity contribution >= 4 is 17.5 Å². The van der Waals surface area contributed by atoms with Crippen LogP contribution in [0.5, 0.6) is 11.5 Å². The number of carbonyl (C=O) groups excluding carboxylic acids is 2. The summed E-state index contributed by atoms with van der Waals surface area (Å²) in [5.41, 5.74) is 5.06. The van der Waals surface area contributed by atoms with Gasteiger partial charge in [-0.15, -0.1) is 0 Å². The maximum atomic E-state index is 13.8. The zero-order valence-corrected chi connectivity index (χ0v) is 18.4. The summed E-state index contributed by atoms with van der Waals surface area (Å²) >= 11 is 0. The Labute approximate surface area is 187 Å². The first kappa shape index (κ1) is 19.6. The van der Waals surface area contributed by atoms with E-state index in [9.17, 15) is 9.59 Å². The molecule has 166 valence electrons. The van der Waals surface area contributed by atoms with Crippen molar-refractivity contribution in [2.24, 2.45) is 0 Å². The molecule has 2 amide bonds. The quantitative estimate of drug-likeness (QED) is 0.727. The molecule has 6 heteroatoms. The van der Waals surface area contributed by atoms with Gasteiger partial charge >= 0.3 is 0 Å². The second kappa shape index (κ2) is 7.26. The Hall–Kier alpha value is -3.02. The molecule has 3 heterocycles. The summed E-state index contributed by atoms with van der Waals surface area (Å²) in [5, 5.41) is 2.91. The highest BCUT2D eigenvalue weighted by molar-refractivity contribution is 5.98. The van der Waals surface area contributed by atoms with Gasteiger partial charge in [-0.2, -0.15) is 0 Å². The molecule has 2 aromatic carbocycles. The van der Waals surface area contributed by atoms with E-state index in [1.54, 1.807) is 0 Å². The predicted octanol–water partition coefficient (Wildman–Crippen LogP) is 4.37. The number of nitrogens with zero attached hydrogens (tertiary/aromatic N) is 1. The van der Waals surface area contributed by atoms with E-state index in [1.807, 2.05) is 23.1 Å². The van der Waals surface area contributed by atoms with Gasteiger partial charge in [-0.3, -0.25) is 9.59 Å². The largest absolute Gasteiger partial charge is 0.486 e. The first-order valence-corrected chi connectivity index (χ1v) is 11.7. The Bertz CT molecular complexity index is 1120. The standard InChI is InChI=1S/C26H28N2O4/c1-16-19-13-22-23(32-11-10-31-22)14-20(19)26(8-2-3-9-26)15-28(16)25(30)18-4-6-21-17(12-18)5-7-24(29)27-21/h4,6,12-14,16H,2-3,5,7-11,15H2,1H3,(H,27,29). The number of anilines is 1. The molecule has 1 unspecified atom stereocenters. The zero-order valence-electron chi connectivity index (χ0n) is 18.4. The number of carbonyl (C=O) groups is 2. The number of amides is 2. The maximum absolute atomic E-state index is 13.8. The second-order valence-electron chi connectivity index (χ2n) is 9.60. The van der Waals surface area contributed by atoms with Gasteiger partial charge in [0.1, 0.15) is 13.2 Å². The molecule has 0 bridgehead atoms. The van der Waals surface area contributed by atoms with Crippen LogP contribution in [-0.2, 0) is 16.6 Å². The van der Waals surface area contributed by atoms with Crippen LogP contribution in [0, 0.1) is 0 Å². The Morgan fingerprint density at radius 3 is 2.59 bits per heavy atom. The highest BCUT2D eigenvalue weighted by atomic mass is 16.6. The van der Waals surface area contributed by atoms with Crippen molar-refractivity contribution in [1.82, 2.24) is 4.90 Å². The number of hydrogen-bond acceptors (Lipinski definition) is 4. The number of fused-ring (bicyclic) bond motifs is 4. The summed E-state index contributed by atoms with van der Waals surface area (Å²) in [6, 6.07) is 9.93. The lowest BCUT2D eigenvalue weighted by molar-refractivity contribution is -0.116. The predicted molar refractivity (Wildman–Crippen MR) is 120 cm³/mol. The van der Waals surface area contributed by atoms with Crippen LogP contribution in [0.1, 0.15) is 72.1 Å². The van der Waals surface area contributed by atoms with E-state index < -0.39 is 0 Å². The topological polar surface area (TPSA) is 67.9 Å². The van der Waals surface area contributed by atoms with Crippen LogP contribution in [0.4, 0.5) is 5.69 Å². The van der Waals surface area contributed by atoms with Gasteiger partial charge in [-0.25, -0.2) is 0 Å². The van der Waals surface area contributed by atoms with Crippen molar-refractivity contribution in [3.05, 3.63) is 52.6 Å². The molecule has 1 saturated carbocycles. The minimum atomic E-state index is -0.0460. The molecule has 1 aliphatic carbocycles. The Balaban J connectivity index is 1.39. The van der Waals surface area contributed by atoms with E-state index >= 15 is 0 Å². The molecule has 6 nitrogen and oxygen atoms in total. The highest BCUT2D eigenvalue weighted by Crippen LogP contribution is 2.52. The van der Waals surface area contributed by atoms with Gasteiger partial charge in [-0.05, 0) is 73.2 Å². The average Bonchev–Trinajstić information content (AvgIpc) is 3.29. The summed E-state index contributed by atoms with van der Waals surface area (Å²) in [6.45, 7) is 3.98. The van der Waals surface area contributed by atoms with Gasteiger partial charge in [0.05, 0.1) is 6.04 Å². The van der Waals surface area contributed by atoms with E-state index in [-0.39, 0.29) is 23.3 Å². The van der Waals surface area contributed by atoms with Crippen molar-refractivity contribution in [2.45, 2.75) is 56.9 Å². The van der Waals surface area contributed by atoms with Gasteiger partial charge < -0.3 is 19.7 Å². The third-order valence-corrected chi connectivity index (χ3v) is 7.75. The van der Waals surface area contributed by atoms with Crippen molar-refractivity contribution in [1.29, 1.82) is 0 Å². The Morgan fingerprint density at radius 1 is 1.06 bits per heavy atom. The molecule has 1 N–H and O–H groups in total. The normalized spacial score (nSPS) is 22.8. The SMILES string of the molecule is CC1c2cc3c(cc2C2(CCCC2)CN1C(=O)c1ccc2c(c1)CCC(=O)N2)OCCO3. The lowest BCUT2D eigenvalue weighted by Crippen LogP contribution is -2.48. The molecular formula is C26H28N2O4. The van der Waals surface area contributed by atoms with Gasteiger partial charge in [0, 0.05) is 29.6 Å². The van der Waals surface area contributed by atoms with E-state index in [0.29, 0.717) is 31.6 Å². The second-order valence-corrected chi connectivity index (χ2v) is 9.60. The molecule has 2 aromatic rings. The Kier molecular flexibility index (Phi) is 4.46. The summed E-state index contributed by atoms with van der Waals surface area (Å²) in [4.78, 5) is 27.5. The van der Waals surface area contributed by atoms with E-state index in [0.717, 1.165) is 42.1 Å². The van der Waals surface area contributed by atoms with Gasteiger partial charge in [0.15, 0.2) is 11.5 Å². The highest BCUT2D eigenvalue weighted by Gasteiger charge is 2.46. The summed E-state index contributed by atoms with van der Waals surface area (Å²) in [6.07, 6.45) is 5.69. The van der Waals surface area contributed by atoms with Crippen LogP contribution in [-0.4, -0.2) is 36.5 Å². The first-order chi connectivity index (χ1) is 15.5. The van der Waals surface area contributed by atoms with Crippen molar-refractivity contribution in [3.8, 4) is 11.5 Å². The number of nitrogens with one attached hydrogen (secondary N) is 1. The maximum Gasteiger partial charge on any atom is 0.254 e. The number of benzene rings is 2. The van der Waals surface area contributed by atoms with Crippen molar-refractivity contribution in [3.63, 3.8) is 0 Å². The number of hydrogen-bond donors (Lipinski definition) is 1. The van der Waals surface area contributed by atoms with Crippen LogP contribution in [0.15, 0.2) is 30.3 Å². The van der Waals surface area contributed by atoms with Crippen LogP contribution in [0.2, 0.25) is 0 Å². The number of aryl methyl sites for hydroxylation is 1. The smallest absolute Gasteiger partial charge is 0.254 e. The molecule has 0 aromatic heterocycles. The summed E-state index contributed by atoms with van der Waals surface area (Å²) in [7, 11) is 0. The lowest BCUT2D eigenvalue weighted by atomic mass is 9.71. The first-order valence-electron chi connectivity index (χ1n) is 11.7. The molecule has 4 aliphatic rings. The molecule has 3 aliphatic heterocycles. The van der Waals surface area contributed by atoms with Crippen molar-refractivity contribution in [2.75, 3.05) is 25.1 Å². The van der Waals surface area contributed by atoms with Gasteiger partial charge in [0.2, 0.25) is 5.91 Å². The molecule has 32 heavy (non-hydrogen) atoms. The van der Waals surface area contributed by atoms with E-state index in [2.05, 4.69) is 24.4 Å². The zero-order chi connectivity index (χ0) is 21.9. The fourth-order valence-corrected chi connectivity index (χ4v) is 6.03. The summed E-state index contributed by atoms with van der Waals surface area (Å²) < 4.78 is 11.8. The third-order valence-electron chi connectivity index (χ3n) is 7.75. The summed E-state index contributed by atoms with van der Waals surface area (Å²) in [5.74, 6) is 1.72. The minimum Gasteiger partial charge on any atom is -0.486 e. The molecule has 6 rings (SSSR count). The van der Waals surface area contributed by atoms with Crippen LogP contribution < -0.4 is 14.8 Å². The lowest BCUT2D eigenvalue weighted by Gasteiger charge is -2.46. The van der Waals surface area contributed by atoms with E-state index in [4.69, 9.17) is 9.47 Å². The third kappa shape index (κ3) is 2.99. The molecule has 0 radical (unpaired) electrons. The van der Waals surface area contributed by atoms with Crippen LogP contribution in [0.3, 0.4) is 0 Å². The number of rotatable bonds is 1. The van der Waals surface area contributed by atoms with Gasteiger partial charge in [0.25, 0.3) is 5.91 Å². The van der Waals surface area contributed by atoms with E-state index in [1.165, 1.54) is 24.0 Å². The van der Waals surface area contributed by atoms with Crippen LogP contribution >= 0.6 is 0 Å². The fraction of sp³-hybridized carbons (Fsp3) is 0.462. The Morgan fingerprint density at radius 2 is 1.81 bits per heavy atom. The molecule has 1 spiro atoms. The monoisotopic (exact) mass is 432 g/mol.